The first-order chi connectivity index (χ1) is 9.74. The van der Waals surface area contributed by atoms with Gasteiger partial charge in [-0.15, -0.1) is 0 Å². The number of nitrogens with zero attached hydrogens (tertiary/aromatic N) is 1. The van der Waals surface area contributed by atoms with Crippen LogP contribution in [0.15, 0.2) is 18.2 Å². The molecule has 2 N–H and O–H groups in total. The van der Waals surface area contributed by atoms with E-state index in [4.69, 9.17) is 5.73 Å². The monoisotopic (exact) mass is 304 g/mol. The third-order valence-corrected chi connectivity index (χ3v) is 3.68. The summed E-state index contributed by atoms with van der Waals surface area (Å²) < 4.78 is 51.9. The fourth-order valence-corrected chi connectivity index (χ4v) is 2.72. The van der Waals surface area contributed by atoms with E-state index in [1.54, 1.807) is 6.92 Å². The minimum Gasteiger partial charge on any atom is -0.334 e. The summed E-state index contributed by atoms with van der Waals surface area (Å²) in [6, 6.07) is 1.09. The lowest BCUT2D eigenvalue weighted by Gasteiger charge is -2.39. The Labute approximate surface area is 119 Å². The molecule has 0 spiro atoms. The molecule has 7 heteroatoms. The highest BCUT2D eigenvalue weighted by Gasteiger charge is 2.37. The minimum atomic E-state index is -4.64. The first-order valence-electron chi connectivity index (χ1n) is 6.66. The summed E-state index contributed by atoms with van der Waals surface area (Å²) in [6.07, 6.45) is -4.01. The molecule has 1 fully saturated rings. The van der Waals surface area contributed by atoms with Crippen molar-refractivity contribution in [1.82, 2.24) is 4.90 Å². The van der Waals surface area contributed by atoms with Gasteiger partial charge in [0, 0.05) is 19.0 Å². The van der Waals surface area contributed by atoms with E-state index >= 15 is 0 Å². The number of hydrogen-bond acceptors (Lipinski definition) is 2. The fourth-order valence-electron chi connectivity index (χ4n) is 2.72. The van der Waals surface area contributed by atoms with E-state index in [1.807, 2.05) is 0 Å². The van der Waals surface area contributed by atoms with Gasteiger partial charge in [0.05, 0.1) is 11.6 Å². The lowest BCUT2D eigenvalue weighted by Crippen LogP contribution is -2.48. The lowest BCUT2D eigenvalue weighted by molar-refractivity contribution is -0.138. The molecule has 0 bridgehead atoms. The molecule has 0 aromatic heterocycles. The van der Waals surface area contributed by atoms with Gasteiger partial charge in [-0.05, 0) is 37.1 Å². The molecule has 1 amide bonds. The molecule has 2 rings (SSSR count). The molecule has 1 aliphatic rings. The summed E-state index contributed by atoms with van der Waals surface area (Å²) in [4.78, 5) is 13.3. The zero-order valence-corrected chi connectivity index (χ0v) is 11.5. The summed E-state index contributed by atoms with van der Waals surface area (Å²) in [7, 11) is 0. The van der Waals surface area contributed by atoms with E-state index in [-0.39, 0.29) is 17.9 Å². The number of amides is 1. The number of likely N-dealkylation sites (tertiary alicyclic amines) is 1. The van der Waals surface area contributed by atoms with Crippen molar-refractivity contribution < 1.29 is 22.4 Å². The van der Waals surface area contributed by atoms with Gasteiger partial charge in [-0.1, -0.05) is 0 Å². The Morgan fingerprint density at radius 1 is 1.33 bits per heavy atom. The third kappa shape index (κ3) is 3.18. The molecule has 2 unspecified atom stereocenters. The van der Waals surface area contributed by atoms with E-state index in [9.17, 15) is 22.4 Å². The van der Waals surface area contributed by atoms with Crippen molar-refractivity contribution in [3.05, 3.63) is 35.1 Å². The molecule has 0 saturated carbocycles. The Bertz CT molecular complexity index is 544. The zero-order chi connectivity index (χ0) is 15.8. The van der Waals surface area contributed by atoms with Crippen LogP contribution in [-0.4, -0.2) is 23.4 Å². The Hall–Kier alpha value is -1.63. The molecule has 1 saturated heterocycles. The molecule has 3 nitrogen and oxygen atoms in total. The zero-order valence-electron chi connectivity index (χ0n) is 11.5. The number of rotatable bonds is 2. The number of carbonyl (C=O) groups is 1. The van der Waals surface area contributed by atoms with Gasteiger partial charge in [0.25, 0.3) is 0 Å². The Morgan fingerprint density at radius 2 is 2.00 bits per heavy atom. The number of halogens is 4. The molecule has 0 radical (unpaired) electrons. The van der Waals surface area contributed by atoms with Crippen molar-refractivity contribution >= 4 is 5.91 Å². The van der Waals surface area contributed by atoms with Gasteiger partial charge in [0.2, 0.25) is 5.91 Å². The predicted octanol–water partition coefficient (Wildman–Crippen LogP) is 2.86. The van der Waals surface area contributed by atoms with Gasteiger partial charge in [-0.3, -0.25) is 4.79 Å². The maximum atomic E-state index is 13.5. The molecule has 0 aliphatic carbocycles. The van der Waals surface area contributed by atoms with E-state index < -0.39 is 29.6 Å². The van der Waals surface area contributed by atoms with Crippen LogP contribution in [0.3, 0.4) is 0 Å². The Kier molecular flexibility index (Phi) is 4.22. The summed E-state index contributed by atoms with van der Waals surface area (Å²) >= 11 is 0. The largest absolute Gasteiger partial charge is 0.416 e. The van der Waals surface area contributed by atoms with Crippen LogP contribution in [0, 0.1) is 5.82 Å². The average Bonchev–Trinajstić information content (AvgIpc) is 2.39. The smallest absolute Gasteiger partial charge is 0.334 e. The summed E-state index contributed by atoms with van der Waals surface area (Å²) in [5, 5.41) is 0. The van der Waals surface area contributed by atoms with Crippen LogP contribution in [0.1, 0.15) is 36.9 Å². The highest BCUT2D eigenvalue weighted by molar-refractivity contribution is 5.78. The predicted molar refractivity (Wildman–Crippen MR) is 68.7 cm³/mol. The number of alkyl halides is 3. The number of benzene rings is 1. The van der Waals surface area contributed by atoms with Crippen LogP contribution in [0.5, 0.6) is 0 Å². The number of piperidine rings is 1. The second-order valence-corrected chi connectivity index (χ2v) is 5.10. The van der Waals surface area contributed by atoms with Crippen LogP contribution in [0.25, 0.3) is 0 Å². The van der Waals surface area contributed by atoms with Gasteiger partial charge in [-0.25, -0.2) is 4.39 Å². The van der Waals surface area contributed by atoms with Crippen LogP contribution in [0.4, 0.5) is 17.6 Å². The molecule has 1 aliphatic heterocycles. The highest BCUT2D eigenvalue weighted by atomic mass is 19.4. The van der Waals surface area contributed by atoms with Crippen LogP contribution >= 0.6 is 0 Å². The second kappa shape index (κ2) is 5.63. The maximum absolute atomic E-state index is 13.5. The summed E-state index contributed by atoms with van der Waals surface area (Å²) in [5.74, 6) is -1.16. The number of hydrogen-bond donors (Lipinski definition) is 1. The van der Waals surface area contributed by atoms with Gasteiger partial charge in [0.1, 0.15) is 5.82 Å². The second-order valence-electron chi connectivity index (χ2n) is 5.10. The minimum absolute atomic E-state index is 0.0877. The normalized spacial score (nSPS) is 23.5. The van der Waals surface area contributed by atoms with Gasteiger partial charge in [0.15, 0.2) is 0 Å². The number of likely N-dealkylation sites (N-methyl/N-ethyl adjacent to an activating group) is 1. The topological polar surface area (TPSA) is 46.3 Å². The molecular formula is C14H16F4N2O. The van der Waals surface area contributed by atoms with Crippen molar-refractivity contribution in [2.45, 2.75) is 38.0 Å². The SMILES string of the molecule is CCN1C(=O)CCC(N)C1c1cc(F)cc(C(F)(F)F)c1. The summed E-state index contributed by atoms with van der Waals surface area (Å²) in [5.41, 5.74) is 4.97. The first-order valence-corrected chi connectivity index (χ1v) is 6.66. The van der Waals surface area contributed by atoms with Gasteiger partial charge >= 0.3 is 6.18 Å². The molecule has 1 heterocycles. The van der Waals surface area contributed by atoms with Crippen molar-refractivity contribution in [3.8, 4) is 0 Å². The van der Waals surface area contributed by atoms with Crippen molar-refractivity contribution in [3.63, 3.8) is 0 Å². The highest BCUT2D eigenvalue weighted by Crippen LogP contribution is 2.36. The third-order valence-electron chi connectivity index (χ3n) is 3.68. The van der Waals surface area contributed by atoms with E-state index in [0.717, 1.165) is 12.1 Å². The molecule has 2 atom stereocenters. The quantitative estimate of drug-likeness (QED) is 0.854. The first kappa shape index (κ1) is 15.8. The number of nitrogens with two attached hydrogens (primary N) is 1. The standard InChI is InChI=1S/C14H16F4N2O/c1-2-20-12(21)4-3-11(19)13(20)8-5-9(14(16,17)18)7-10(15)6-8/h5-7,11,13H,2-4,19H2,1H3. The Morgan fingerprint density at radius 3 is 2.57 bits per heavy atom. The molecule has 116 valence electrons. The van der Waals surface area contributed by atoms with Gasteiger partial charge < -0.3 is 10.6 Å². The van der Waals surface area contributed by atoms with Crippen molar-refractivity contribution in [2.75, 3.05) is 6.54 Å². The molecule has 1 aromatic carbocycles. The molecule has 21 heavy (non-hydrogen) atoms. The van der Waals surface area contributed by atoms with Crippen LogP contribution in [0.2, 0.25) is 0 Å². The molecule has 1 aromatic rings. The van der Waals surface area contributed by atoms with E-state index in [0.29, 0.717) is 19.0 Å². The van der Waals surface area contributed by atoms with Crippen LogP contribution < -0.4 is 5.73 Å². The Balaban J connectivity index is 2.48. The van der Waals surface area contributed by atoms with E-state index in [2.05, 4.69) is 0 Å². The van der Waals surface area contributed by atoms with Crippen molar-refractivity contribution in [1.29, 1.82) is 0 Å². The van der Waals surface area contributed by atoms with Crippen molar-refractivity contribution in [2.24, 2.45) is 5.73 Å². The average molecular weight is 304 g/mol. The molecular weight excluding hydrogens is 288 g/mol. The van der Waals surface area contributed by atoms with E-state index in [1.165, 1.54) is 4.90 Å². The van der Waals surface area contributed by atoms with Gasteiger partial charge in [-0.2, -0.15) is 13.2 Å². The number of carbonyl (C=O) groups excluding carboxylic acids is 1. The van der Waals surface area contributed by atoms with Crippen LogP contribution in [-0.2, 0) is 11.0 Å². The fraction of sp³-hybridized carbons (Fsp3) is 0.500. The lowest BCUT2D eigenvalue weighted by atomic mass is 9.89. The summed E-state index contributed by atoms with van der Waals surface area (Å²) in [6.45, 7) is 2.03. The maximum Gasteiger partial charge on any atom is 0.416 e.